The first-order valence-corrected chi connectivity index (χ1v) is 5.92. The predicted molar refractivity (Wildman–Crippen MR) is 63.9 cm³/mol. The maximum Gasteiger partial charge on any atom is 0.317 e. The van der Waals surface area contributed by atoms with Gasteiger partial charge in [0, 0.05) is 26.2 Å². The van der Waals surface area contributed by atoms with Crippen molar-refractivity contribution in [2.24, 2.45) is 5.92 Å². The molecular weight excluding hydrogens is 222 g/mol. The molecule has 0 heterocycles. The van der Waals surface area contributed by atoms with Crippen LogP contribution in [0.3, 0.4) is 0 Å². The molecule has 17 heavy (non-hydrogen) atoms. The molecule has 0 radical (unpaired) electrons. The van der Waals surface area contributed by atoms with Gasteiger partial charge < -0.3 is 20.6 Å². The van der Waals surface area contributed by atoms with E-state index in [0.717, 1.165) is 19.4 Å². The summed E-state index contributed by atoms with van der Waals surface area (Å²) < 4.78 is 0. The van der Waals surface area contributed by atoms with Gasteiger partial charge in [-0.15, -0.1) is 0 Å². The summed E-state index contributed by atoms with van der Waals surface area (Å²) in [5.74, 6) is -0.521. The molecule has 0 aromatic heterocycles. The second-order valence-corrected chi connectivity index (χ2v) is 4.52. The standard InChI is InChI=1S/C11H21N3O3/c1-12-5-6-14(2)11(17)13-9(7-10(15)16)8-3-4-8/h8-9,12H,3-7H2,1-2H3,(H,13,17)(H,15,16). The number of carbonyl (C=O) groups is 2. The molecule has 1 aliphatic carbocycles. The lowest BCUT2D eigenvalue weighted by Gasteiger charge is -2.22. The minimum absolute atomic E-state index is 0.0102. The van der Waals surface area contributed by atoms with Crippen molar-refractivity contribution in [3.63, 3.8) is 0 Å². The van der Waals surface area contributed by atoms with Gasteiger partial charge >= 0.3 is 12.0 Å². The molecule has 2 amide bonds. The molecule has 1 fully saturated rings. The summed E-state index contributed by atoms with van der Waals surface area (Å²) in [6.45, 7) is 1.32. The zero-order valence-corrected chi connectivity index (χ0v) is 10.4. The van der Waals surface area contributed by atoms with Gasteiger partial charge in [-0.3, -0.25) is 4.79 Å². The van der Waals surface area contributed by atoms with Crippen LogP contribution in [0, 0.1) is 5.92 Å². The molecule has 6 nitrogen and oxygen atoms in total. The van der Waals surface area contributed by atoms with Gasteiger partial charge in [-0.1, -0.05) is 0 Å². The zero-order valence-electron chi connectivity index (χ0n) is 10.4. The molecule has 1 saturated carbocycles. The van der Waals surface area contributed by atoms with Crippen LogP contribution < -0.4 is 10.6 Å². The van der Waals surface area contributed by atoms with Crippen LogP contribution >= 0.6 is 0 Å². The van der Waals surface area contributed by atoms with E-state index in [9.17, 15) is 9.59 Å². The molecule has 1 unspecified atom stereocenters. The van der Waals surface area contributed by atoms with Crippen LogP contribution in [0.2, 0.25) is 0 Å². The predicted octanol–water partition coefficient (Wildman–Crippen LogP) is 0.101. The fourth-order valence-electron chi connectivity index (χ4n) is 1.67. The summed E-state index contributed by atoms with van der Waals surface area (Å²) in [7, 11) is 3.53. The van der Waals surface area contributed by atoms with Crippen LogP contribution in [-0.2, 0) is 4.79 Å². The number of rotatable bonds is 7. The fourth-order valence-corrected chi connectivity index (χ4v) is 1.67. The fraction of sp³-hybridized carbons (Fsp3) is 0.818. The number of carboxylic acids is 1. The third-order valence-corrected chi connectivity index (χ3v) is 2.94. The van der Waals surface area contributed by atoms with Crippen LogP contribution in [0.15, 0.2) is 0 Å². The average molecular weight is 243 g/mol. The normalized spacial score (nSPS) is 16.4. The Bertz CT molecular complexity index is 279. The summed E-state index contributed by atoms with van der Waals surface area (Å²) >= 11 is 0. The largest absolute Gasteiger partial charge is 0.481 e. The number of nitrogens with one attached hydrogen (secondary N) is 2. The summed E-state index contributed by atoms with van der Waals surface area (Å²) in [6, 6.07) is -0.421. The Morgan fingerprint density at radius 1 is 1.47 bits per heavy atom. The monoisotopic (exact) mass is 243 g/mol. The summed E-state index contributed by atoms with van der Waals surface area (Å²) in [6.07, 6.45) is 2.03. The van der Waals surface area contributed by atoms with E-state index in [1.54, 1.807) is 11.9 Å². The van der Waals surface area contributed by atoms with E-state index in [2.05, 4.69) is 10.6 Å². The lowest BCUT2D eigenvalue weighted by molar-refractivity contribution is -0.137. The van der Waals surface area contributed by atoms with Gasteiger partial charge in [0.2, 0.25) is 0 Å². The Morgan fingerprint density at radius 3 is 2.59 bits per heavy atom. The third-order valence-electron chi connectivity index (χ3n) is 2.94. The third kappa shape index (κ3) is 5.04. The lowest BCUT2D eigenvalue weighted by Crippen LogP contribution is -2.46. The first-order valence-electron chi connectivity index (χ1n) is 5.92. The van der Waals surface area contributed by atoms with Crippen molar-refractivity contribution in [3.8, 4) is 0 Å². The van der Waals surface area contributed by atoms with E-state index in [-0.39, 0.29) is 18.5 Å². The number of likely N-dealkylation sites (N-methyl/N-ethyl adjacent to an activating group) is 2. The van der Waals surface area contributed by atoms with Crippen molar-refractivity contribution >= 4 is 12.0 Å². The molecule has 3 N–H and O–H groups in total. The van der Waals surface area contributed by atoms with Crippen LogP contribution in [0.5, 0.6) is 0 Å². The van der Waals surface area contributed by atoms with Crippen molar-refractivity contribution in [2.45, 2.75) is 25.3 Å². The van der Waals surface area contributed by atoms with Crippen LogP contribution in [0.1, 0.15) is 19.3 Å². The van der Waals surface area contributed by atoms with Gasteiger partial charge in [-0.05, 0) is 25.8 Å². The van der Waals surface area contributed by atoms with E-state index in [4.69, 9.17) is 5.11 Å². The van der Waals surface area contributed by atoms with Crippen molar-refractivity contribution in [1.29, 1.82) is 0 Å². The van der Waals surface area contributed by atoms with E-state index in [0.29, 0.717) is 12.5 Å². The number of hydrogen-bond donors (Lipinski definition) is 3. The van der Waals surface area contributed by atoms with Crippen molar-refractivity contribution < 1.29 is 14.7 Å². The van der Waals surface area contributed by atoms with Gasteiger partial charge in [-0.25, -0.2) is 4.79 Å². The van der Waals surface area contributed by atoms with Gasteiger partial charge in [0.25, 0.3) is 0 Å². The van der Waals surface area contributed by atoms with E-state index < -0.39 is 5.97 Å². The van der Waals surface area contributed by atoms with Gasteiger partial charge in [0.1, 0.15) is 0 Å². The Kier molecular flexibility index (Phi) is 5.21. The topological polar surface area (TPSA) is 81.7 Å². The number of aliphatic carboxylic acids is 1. The molecule has 1 rings (SSSR count). The lowest BCUT2D eigenvalue weighted by atomic mass is 10.1. The number of hydrogen-bond acceptors (Lipinski definition) is 3. The molecule has 0 aromatic rings. The van der Waals surface area contributed by atoms with Crippen LogP contribution in [0.25, 0.3) is 0 Å². The molecular formula is C11H21N3O3. The zero-order chi connectivity index (χ0) is 12.8. The Balaban J connectivity index is 2.37. The van der Waals surface area contributed by atoms with Gasteiger partial charge in [0.05, 0.1) is 6.42 Å². The van der Waals surface area contributed by atoms with Gasteiger partial charge in [-0.2, -0.15) is 0 Å². The minimum atomic E-state index is -0.861. The number of carbonyl (C=O) groups excluding carboxylic acids is 1. The highest BCUT2D eigenvalue weighted by atomic mass is 16.4. The SMILES string of the molecule is CNCCN(C)C(=O)NC(CC(=O)O)C1CC1. The number of amides is 2. The maximum atomic E-state index is 11.8. The molecule has 0 bridgehead atoms. The number of carboxylic acid groups (broad SMARTS) is 1. The molecule has 0 spiro atoms. The van der Waals surface area contributed by atoms with Gasteiger partial charge in [0.15, 0.2) is 0 Å². The van der Waals surface area contributed by atoms with E-state index >= 15 is 0 Å². The highest BCUT2D eigenvalue weighted by molar-refractivity contribution is 5.75. The quantitative estimate of drug-likeness (QED) is 0.592. The van der Waals surface area contributed by atoms with Crippen molar-refractivity contribution in [2.75, 3.05) is 27.2 Å². The second kappa shape index (κ2) is 6.44. The van der Waals surface area contributed by atoms with E-state index in [1.165, 1.54) is 0 Å². The van der Waals surface area contributed by atoms with E-state index in [1.807, 2.05) is 7.05 Å². The second-order valence-electron chi connectivity index (χ2n) is 4.52. The molecule has 0 saturated heterocycles. The van der Waals surface area contributed by atoms with Crippen molar-refractivity contribution in [3.05, 3.63) is 0 Å². The average Bonchev–Trinajstić information content (AvgIpc) is 3.07. The summed E-state index contributed by atoms with van der Waals surface area (Å²) in [5.41, 5.74) is 0. The molecule has 1 atom stereocenters. The highest BCUT2D eigenvalue weighted by Crippen LogP contribution is 2.34. The molecule has 6 heteroatoms. The Hall–Kier alpha value is -1.30. The smallest absolute Gasteiger partial charge is 0.317 e. The first kappa shape index (κ1) is 13.8. The Morgan fingerprint density at radius 2 is 2.12 bits per heavy atom. The molecule has 1 aliphatic rings. The number of nitrogens with zero attached hydrogens (tertiary/aromatic N) is 1. The maximum absolute atomic E-state index is 11.8. The molecule has 98 valence electrons. The number of urea groups is 1. The first-order chi connectivity index (χ1) is 8.04. The molecule has 0 aliphatic heterocycles. The summed E-state index contributed by atoms with van der Waals surface area (Å²) in [5, 5.41) is 14.5. The summed E-state index contributed by atoms with van der Waals surface area (Å²) in [4.78, 5) is 24.0. The minimum Gasteiger partial charge on any atom is -0.481 e. The van der Waals surface area contributed by atoms with Crippen LogP contribution in [-0.4, -0.2) is 55.2 Å². The Labute approximate surface area is 101 Å². The van der Waals surface area contributed by atoms with Crippen LogP contribution in [0.4, 0.5) is 4.79 Å². The van der Waals surface area contributed by atoms with Crippen molar-refractivity contribution in [1.82, 2.24) is 15.5 Å². The highest BCUT2D eigenvalue weighted by Gasteiger charge is 2.34. The molecule has 0 aromatic carbocycles.